The third-order valence-electron chi connectivity index (χ3n) is 10.0. The van der Waals surface area contributed by atoms with E-state index in [9.17, 15) is 4.79 Å². The normalized spacial score (nSPS) is 40.4. The number of hydrogen-bond donors (Lipinski definition) is 1. The van der Waals surface area contributed by atoms with Gasteiger partial charge in [0, 0.05) is 25.8 Å². The first-order valence-corrected chi connectivity index (χ1v) is 12.5. The van der Waals surface area contributed by atoms with Crippen molar-refractivity contribution in [2.24, 2.45) is 34.5 Å². The van der Waals surface area contributed by atoms with Crippen molar-refractivity contribution in [1.29, 1.82) is 0 Å². The summed E-state index contributed by atoms with van der Waals surface area (Å²) in [5.74, 6) is 3.70. The zero-order chi connectivity index (χ0) is 20.8. The Labute approximate surface area is 184 Å². The van der Waals surface area contributed by atoms with Gasteiger partial charge in [0.2, 0.25) is 0 Å². The molecule has 5 nitrogen and oxygen atoms in total. The number of amides is 1. The molecule has 6 atom stereocenters. The molecule has 3 bridgehead atoms. The van der Waals surface area contributed by atoms with E-state index in [1.807, 2.05) is 22.6 Å². The lowest BCUT2D eigenvalue weighted by Gasteiger charge is -2.59. The molecule has 1 amide bonds. The van der Waals surface area contributed by atoms with Crippen molar-refractivity contribution >= 4 is 11.6 Å². The molecule has 0 radical (unpaired) electrons. The van der Waals surface area contributed by atoms with Crippen molar-refractivity contribution in [3.63, 3.8) is 0 Å². The fourth-order valence-electron chi connectivity index (χ4n) is 8.96. The van der Waals surface area contributed by atoms with E-state index in [1.165, 1.54) is 44.9 Å². The summed E-state index contributed by atoms with van der Waals surface area (Å²) in [5.41, 5.74) is 3.64. The Morgan fingerprint density at radius 1 is 1.19 bits per heavy atom. The van der Waals surface area contributed by atoms with Crippen LogP contribution in [0, 0.1) is 34.5 Å². The lowest BCUT2D eigenvalue weighted by atomic mass is 9.46. The number of nitrogens with zero attached hydrogens (tertiary/aromatic N) is 3. The summed E-state index contributed by atoms with van der Waals surface area (Å²) >= 11 is 0. The smallest absolute Gasteiger partial charge is 0.268 e. The number of carbonyl (C=O) groups excluding carboxylic acids is 1. The van der Waals surface area contributed by atoms with Gasteiger partial charge in [-0.15, -0.1) is 0 Å². The molecular formula is C26H34N4O. The van der Waals surface area contributed by atoms with Gasteiger partial charge in [0.15, 0.2) is 0 Å². The van der Waals surface area contributed by atoms with Crippen LogP contribution in [0.4, 0.5) is 0 Å². The highest BCUT2D eigenvalue weighted by Gasteiger charge is 2.73. The van der Waals surface area contributed by atoms with Gasteiger partial charge in [-0.3, -0.25) is 14.1 Å². The number of aromatic nitrogens is 2. The standard InChI is InChI=1S/C26H34N4O/c1-17-5-6-29(13-17)14-21-15-30-22(3-2-4-23(30)28-21)24(31)27-16-25-9-19-7-18-8-20(12-25)26(25,10-18)11-19/h2-4,15,17-20H,5-14,16H2,1H3,(H,27,31)/t17-,18?,19?,20?,25?,26?/m1/s1. The quantitative estimate of drug-likeness (QED) is 0.795. The van der Waals surface area contributed by atoms with Gasteiger partial charge in [0.25, 0.3) is 5.91 Å². The van der Waals surface area contributed by atoms with Crippen LogP contribution < -0.4 is 5.32 Å². The molecule has 1 N–H and O–H groups in total. The van der Waals surface area contributed by atoms with Gasteiger partial charge >= 0.3 is 0 Å². The highest BCUT2D eigenvalue weighted by atomic mass is 16.1. The summed E-state index contributed by atoms with van der Waals surface area (Å²) in [6, 6.07) is 5.93. The molecule has 1 spiro atoms. The van der Waals surface area contributed by atoms with Crippen LogP contribution in [0.2, 0.25) is 0 Å². The van der Waals surface area contributed by atoms with Crippen molar-refractivity contribution in [2.75, 3.05) is 19.6 Å². The molecule has 0 aromatic carbocycles. The molecule has 1 saturated heterocycles. The van der Waals surface area contributed by atoms with Gasteiger partial charge in [0.1, 0.15) is 11.3 Å². The van der Waals surface area contributed by atoms with E-state index < -0.39 is 0 Å². The number of nitrogens with one attached hydrogen (secondary N) is 1. The molecule has 5 heteroatoms. The fraction of sp³-hybridized carbons (Fsp3) is 0.692. The van der Waals surface area contributed by atoms with Crippen LogP contribution in [0.3, 0.4) is 0 Å². The summed E-state index contributed by atoms with van der Waals surface area (Å²) in [6.45, 7) is 6.36. The van der Waals surface area contributed by atoms with Gasteiger partial charge in [0.05, 0.1) is 5.69 Å². The van der Waals surface area contributed by atoms with E-state index in [4.69, 9.17) is 4.98 Å². The van der Waals surface area contributed by atoms with E-state index >= 15 is 0 Å². The Bertz CT molecular complexity index is 1050. The van der Waals surface area contributed by atoms with Crippen molar-refractivity contribution in [2.45, 2.75) is 58.4 Å². The molecule has 4 saturated carbocycles. The van der Waals surface area contributed by atoms with Crippen LogP contribution in [0.15, 0.2) is 24.4 Å². The number of likely N-dealkylation sites (tertiary alicyclic amines) is 1. The van der Waals surface area contributed by atoms with E-state index in [1.54, 1.807) is 0 Å². The van der Waals surface area contributed by atoms with Crippen LogP contribution >= 0.6 is 0 Å². The summed E-state index contributed by atoms with van der Waals surface area (Å²) < 4.78 is 2.00. The maximum Gasteiger partial charge on any atom is 0.268 e. The van der Waals surface area contributed by atoms with E-state index in [-0.39, 0.29) is 5.91 Å². The highest BCUT2D eigenvalue weighted by Crippen LogP contribution is 2.81. The predicted molar refractivity (Wildman–Crippen MR) is 120 cm³/mol. The second-order valence-corrected chi connectivity index (χ2v) is 11.8. The average molecular weight is 419 g/mol. The summed E-state index contributed by atoms with van der Waals surface area (Å²) in [7, 11) is 0. The second-order valence-electron chi connectivity index (χ2n) is 11.8. The highest BCUT2D eigenvalue weighted by molar-refractivity contribution is 5.93. The summed E-state index contributed by atoms with van der Waals surface area (Å²) in [6.07, 6.45) is 11.9. The first kappa shape index (κ1) is 18.7. The van der Waals surface area contributed by atoms with Crippen molar-refractivity contribution in [1.82, 2.24) is 19.6 Å². The van der Waals surface area contributed by atoms with Crippen molar-refractivity contribution < 1.29 is 4.79 Å². The number of pyridine rings is 1. The first-order valence-electron chi connectivity index (χ1n) is 12.5. The zero-order valence-electron chi connectivity index (χ0n) is 18.6. The van der Waals surface area contributed by atoms with Gasteiger partial charge < -0.3 is 5.32 Å². The van der Waals surface area contributed by atoms with Crippen LogP contribution in [-0.4, -0.2) is 39.8 Å². The molecule has 4 aliphatic carbocycles. The van der Waals surface area contributed by atoms with Crippen LogP contribution in [0.5, 0.6) is 0 Å². The monoisotopic (exact) mass is 418 g/mol. The number of imidazole rings is 1. The predicted octanol–water partition coefficient (Wildman–Crippen LogP) is 4.12. The molecule has 2 aromatic heterocycles. The van der Waals surface area contributed by atoms with E-state index in [0.717, 1.165) is 66.9 Å². The first-order chi connectivity index (χ1) is 15.0. The Morgan fingerprint density at radius 2 is 2.10 bits per heavy atom. The molecule has 1 aliphatic heterocycles. The molecule has 3 heterocycles. The van der Waals surface area contributed by atoms with Crippen LogP contribution in [0.1, 0.15) is 68.1 Å². The summed E-state index contributed by atoms with van der Waals surface area (Å²) in [4.78, 5) is 20.6. The minimum atomic E-state index is 0.0644. The number of carbonyl (C=O) groups is 1. The van der Waals surface area contributed by atoms with Crippen LogP contribution in [-0.2, 0) is 6.54 Å². The average Bonchev–Trinajstić information content (AvgIpc) is 3.43. The molecule has 5 unspecified atom stereocenters. The van der Waals surface area contributed by atoms with Gasteiger partial charge in [-0.25, -0.2) is 4.98 Å². The molecule has 164 valence electrons. The minimum Gasteiger partial charge on any atom is -0.350 e. The van der Waals surface area contributed by atoms with Crippen molar-refractivity contribution in [3.05, 3.63) is 35.8 Å². The number of hydrogen-bond acceptors (Lipinski definition) is 3. The topological polar surface area (TPSA) is 49.6 Å². The third-order valence-corrected chi connectivity index (χ3v) is 10.0. The number of fused-ring (bicyclic) bond motifs is 3. The van der Waals surface area contributed by atoms with Gasteiger partial charge in [-0.2, -0.15) is 0 Å². The van der Waals surface area contributed by atoms with E-state index in [0.29, 0.717) is 10.8 Å². The Kier molecular flexibility index (Phi) is 3.82. The second kappa shape index (κ2) is 6.34. The lowest BCUT2D eigenvalue weighted by molar-refractivity contribution is -0.0960. The van der Waals surface area contributed by atoms with Crippen molar-refractivity contribution in [3.8, 4) is 0 Å². The Balaban J connectivity index is 1.10. The zero-order valence-corrected chi connectivity index (χ0v) is 18.6. The third kappa shape index (κ3) is 2.59. The molecule has 31 heavy (non-hydrogen) atoms. The lowest BCUT2D eigenvalue weighted by Crippen LogP contribution is -2.57. The Hall–Kier alpha value is -1.88. The molecule has 5 fully saturated rings. The van der Waals surface area contributed by atoms with Gasteiger partial charge in [-0.1, -0.05) is 13.0 Å². The molecule has 7 rings (SSSR count). The van der Waals surface area contributed by atoms with Crippen LogP contribution in [0.25, 0.3) is 5.65 Å². The number of rotatable bonds is 5. The SMILES string of the molecule is C[C@@H]1CCN(Cc2cn3c(C(=O)NCC45CC6CC7CC(C4)C5(C7)C6)cccc3n2)C1. The maximum atomic E-state index is 13.3. The molecule has 2 aromatic rings. The maximum absolute atomic E-state index is 13.3. The summed E-state index contributed by atoms with van der Waals surface area (Å²) in [5, 5.41) is 3.39. The minimum absolute atomic E-state index is 0.0644. The van der Waals surface area contributed by atoms with Gasteiger partial charge in [-0.05, 0) is 98.1 Å². The van der Waals surface area contributed by atoms with E-state index in [2.05, 4.69) is 23.3 Å². The molecular weight excluding hydrogens is 384 g/mol. The fourth-order valence-corrected chi connectivity index (χ4v) is 8.96. The Morgan fingerprint density at radius 3 is 2.97 bits per heavy atom. The molecule has 5 aliphatic rings. The largest absolute Gasteiger partial charge is 0.350 e.